The summed E-state index contributed by atoms with van der Waals surface area (Å²) in [5, 5.41) is 4.13. The number of aromatic nitrogens is 6. The lowest BCUT2D eigenvalue weighted by Gasteiger charge is -2.11. The summed E-state index contributed by atoms with van der Waals surface area (Å²) >= 11 is 12.0. The molecule has 0 bridgehead atoms. The number of halogens is 4. The Morgan fingerprint density at radius 1 is 0.838 bits per heavy atom. The van der Waals surface area contributed by atoms with E-state index in [-0.39, 0.29) is 24.8 Å². The molecule has 8 nitrogen and oxygen atoms in total. The zero-order chi connectivity index (χ0) is 24.9. The lowest BCUT2D eigenvalue weighted by Crippen LogP contribution is -1.98. The second kappa shape index (κ2) is 11.9. The van der Waals surface area contributed by atoms with Crippen LogP contribution >= 0.6 is 35.6 Å². The molecule has 4 aromatic heterocycles. The predicted octanol–water partition coefficient (Wildman–Crippen LogP) is 7.11. The summed E-state index contributed by atoms with van der Waals surface area (Å²) in [5.41, 5.74) is 4.78. The fourth-order valence-electron chi connectivity index (χ4n) is 3.43. The van der Waals surface area contributed by atoms with Crippen LogP contribution in [0.3, 0.4) is 0 Å². The summed E-state index contributed by atoms with van der Waals surface area (Å²) in [5.74, 6) is 0.885. The molecule has 188 valence electrons. The number of H-pyrrole nitrogens is 2. The normalized spacial score (nSPS) is 10.5. The van der Waals surface area contributed by atoms with E-state index in [9.17, 15) is 4.39 Å². The van der Waals surface area contributed by atoms with Crippen molar-refractivity contribution < 1.29 is 9.13 Å². The van der Waals surface area contributed by atoms with Gasteiger partial charge in [-0.15, -0.1) is 12.4 Å². The van der Waals surface area contributed by atoms with E-state index in [0.717, 1.165) is 33.3 Å². The number of anilines is 2. The summed E-state index contributed by atoms with van der Waals surface area (Å²) in [4.78, 5) is 22.2. The van der Waals surface area contributed by atoms with Gasteiger partial charge in [0, 0.05) is 18.1 Å². The third-order valence-electron chi connectivity index (χ3n) is 5.12. The SMILES string of the molecule is Cl.Clc1ncnc2cc[nH]c12.Fc1cccc(COc2ccc(Nc3ncnc4cc[nH]c34)cc2Cl)c1. The Labute approximate surface area is 226 Å². The van der Waals surface area contributed by atoms with Gasteiger partial charge in [0.2, 0.25) is 0 Å². The molecule has 0 saturated heterocycles. The number of aromatic amines is 2. The first kappa shape index (κ1) is 26.2. The first-order valence-corrected chi connectivity index (χ1v) is 11.5. The van der Waals surface area contributed by atoms with Crippen LogP contribution in [-0.4, -0.2) is 29.9 Å². The molecule has 0 radical (unpaired) electrons. The van der Waals surface area contributed by atoms with E-state index in [1.807, 2.05) is 18.2 Å². The lowest BCUT2D eigenvalue weighted by atomic mass is 10.2. The topological polar surface area (TPSA) is 104 Å². The predicted molar refractivity (Wildman–Crippen MR) is 146 cm³/mol. The van der Waals surface area contributed by atoms with Crippen LogP contribution in [0.25, 0.3) is 22.1 Å². The minimum absolute atomic E-state index is 0. The summed E-state index contributed by atoms with van der Waals surface area (Å²) in [6.07, 6.45) is 6.53. The molecule has 0 amide bonds. The van der Waals surface area contributed by atoms with Crippen molar-refractivity contribution in [1.29, 1.82) is 0 Å². The Bertz CT molecular complexity index is 1640. The molecule has 0 saturated carbocycles. The number of rotatable bonds is 5. The van der Waals surface area contributed by atoms with Gasteiger partial charge in [-0.05, 0) is 48.0 Å². The summed E-state index contributed by atoms with van der Waals surface area (Å²) in [7, 11) is 0. The molecule has 37 heavy (non-hydrogen) atoms. The van der Waals surface area contributed by atoms with Crippen LogP contribution in [0.2, 0.25) is 10.2 Å². The van der Waals surface area contributed by atoms with Crippen molar-refractivity contribution in [3.63, 3.8) is 0 Å². The molecule has 12 heteroatoms. The highest BCUT2D eigenvalue weighted by molar-refractivity contribution is 6.33. The van der Waals surface area contributed by atoms with Gasteiger partial charge >= 0.3 is 0 Å². The van der Waals surface area contributed by atoms with Gasteiger partial charge < -0.3 is 20.0 Å². The number of hydrogen-bond acceptors (Lipinski definition) is 6. The Hall–Kier alpha value is -3.92. The number of benzene rings is 2. The van der Waals surface area contributed by atoms with Crippen LogP contribution in [0.15, 0.2) is 79.6 Å². The van der Waals surface area contributed by atoms with Crippen LogP contribution in [0.4, 0.5) is 15.9 Å². The molecule has 0 unspecified atom stereocenters. The number of ether oxygens (including phenoxy) is 1. The number of nitrogens with zero attached hydrogens (tertiary/aromatic N) is 4. The first-order chi connectivity index (χ1) is 17.6. The van der Waals surface area contributed by atoms with Gasteiger partial charge in [0.05, 0.1) is 16.1 Å². The maximum atomic E-state index is 13.2. The van der Waals surface area contributed by atoms with Gasteiger partial charge in [-0.2, -0.15) is 0 Å². The first-order valence-electron chi connectivity index (χ1n) is 10.7. The van der Waals surface area contributed by atoms with E-state index < -0.39 is 0 Å². The van der Waals surface area contributed by atoms with Crippen molar-refractivity contribution in [1.82, 2.24) is 29.9 Å². The van der Waals surface area contributed by atoms with Gasteiger partial charge in [-0.3, -0.25) is 0 Å². The smallest absolute Gasteiger partial charge is 0.158 e. The minimum Gasteiger partial charge on any atom is -0.487 e. The molecular weight excluding hydrogens is 540 g/mol. The molecular formula is C25H19Cl3FN7O. The van der Waals surface area contributed by atoms with Crippen LogP contribution in [-0.2, 0) is 6.61 Å². The van der Waals surface area contributed by atoms with E-state index in [1.165, 1.54) is 24.8 Å². The van der Waals surface area contributed by atoms with E-state index in [0.29, 0.717) is 21.7 Å². The van der Waals surface area contributed by atoms with Crippen LogP contribution in [0.1, 0.15) is 5.56 Å². The zero-order valence-electron chi connectivity index (χ0n) is 19.0. The van der Waals surface area contributed by atoms with Gasteiger partial charge in [-0.1, -0.05) is 35.3 Å². The second-order valence-corrected chi connectivity index (χ2v) is 8.32. The zero-order valence-corrected chi connectivity index (χ0v) is 21.3. The summed E-state index contributed by atoms with van der Waals surface area (Å²) < 4.78 is 18.9. The minimum atomic E-state index is -0.294. The number of nitrogens with one attached hydrogen (secondary N) is 3. The second-order valence-electron chi connectivity index (χ2n) is 7.55. The van der Waals surface area contributed by atoms with E-state index in [4.69, 9.17) is 27.9 Å². The maximum absolute atomic E-state index is 13.2. The van der Waals surface area contributed by atoms with Crippen LogP contribution in [0.5, 0.6) is 5.75 Å². The van der Waals surface area contributed by atoms with Crippen LogP contribution in [0, 0.1) is 5.82 Å². The molecule has 0 aliphatic heterocycles. The van der Waals surface area contributed by atoms with E-state index in [1.54, 1.807) is 36.7 Å². The monoisotopic (exact) mass is 557 g/mol. The molecule has 2 aromatic carbocycles. The van der Waals surface area contributed by atoms with Gasteiger partial charge in [0.1, 0.15) is 41.9 Å². The summed E-state index contributed by atoms with van der Waals surface area (Å²) in [6.45, 7) is 0.235. The average Bonchev–Trinajstić information content (AvgIpc) is 3.55. The van der Waals surface area contributed by atoms with E-state index in [2.05, 4.69) is 35.2 Å². The highest BCUT2D eigenvalue weighted by Gasteiger charge is 2.08. The molecule has 0 aliphatic rings. The lowest BCUT2D eigenvalue weighted by molar-refractivity contribution is 0.306. The molecule has 6 rings (SSSR count). The largest absolute Gasteiger partial charge is 0.487 e. The standard InChI is InChI=1S/C19H14ClFN4O.C6H4ClN3.ClH/c20-15-9-14(25-19-18-16(6-7-22-18)23-11-24-19)4-5-17(15)26-10-12-2-1-3-13(21)8-12;7-6-5-4(1-2-8-5)9-3-10-6;/h1-9,11,22H,10H2,(H,23,24,25);1-3,8H;1H. The Morgan fingerprint density at radius 2 is 1.57 bits per heavy atom. The molecule has 3 N–H and O–H groups in total. The third-order valence-corrected chi connectivity index (χ3v) is 5.70. The maximum Gasteiger partial charge on any atom is 0.158 e. The molecule has 0 spiro atoms. The average molecular weight is 559 g/mol. The molecule has 6 aromatic rings. The number of fused-ring (bicyclic) bond motifs is 2. The molecule has 0 atom stereocenters. The van der Waals surface area contributed by atoms with Crippen molar-refractivity contribution in [3.05, 3.63) is 101 Å². The highest BCUT2D eigenvalue weighted by atomic mass is 35.5. The van der Waals surface area contributed by atoms with Crippen molar-refractivity contribution >= 4 is 69.2 Å². The van der Waals surface area contributed by atoms with Gasteiger partial charge in [0.25, 0.3) is 0 Å². The quantitative estimate of drug-likeness (QED) is 0.195. The number of hydrogen-bond donors (Lipinski definition) is 3. The fourth-order valence-corrected chi connectivity index (χ4v) is 3.86. The van der Waals surface area contributed by atoms with Crippen molar-refractivity contribution in [3.8, 4) is 5.75 Å². The molecule has 0 aliphatic carbocycles. The Morgan fingerprint density at radius 3 is 2.30 bits per heavy atom. The van der Waals surface area contributed by atoms with Gasteiger partial charge in [0.15, 0.2) is 11.0 Å². The van der Waals surface area contributed by atoms with Crippen molar-refractivity contribution in [2.24, 2.45) is 0 Å². The third kappa shape index (κ3) is 6.26. The van der Waals surface area contributed by atoms with Crippen LogP contribution < -0.4 is 10.1 Å². The van der Waals surface area contributed by atoms with E-state index >= 15 is 0 Å². The molecule has 4 heterocycles. The van der Waals surface area contributed by atoms with Crippen molar-refractivity contribution in [2.45, 2.75) is 6.61 Å². The van der Waals surface area contributed by atoms with Crippen molar-refractivity contribution in [2.75, 3.05) is 5.32 Å². The van der Waals surface area contributed by atoms with Gasteiger partial charge in [-0.25, -0.2) is 24.3 Å². The summed E-state index contributed by atoms with van der Waals surface area (Å²) in [6, 6.07) is 15.3. The Kier molecular flexibility index (Phi) is 8.39. The fraction of sp³-hybridized carbons (Fsp3) is 0.0400. The highest BCUT2D eigenvalue weighted by Crippen LogP contribution is 2.30. The Balaban J connectivity index is 0.000000244. The molecule has 0 fully saturated rings.